The second-order valence-electron chi connectivity index (χ2n) is 6.81. The van der Waals surface area contributed by atoms with Gasteiger partial charge in [0.1, 0.15) is 11.6 Å². The monoisotopic (exact) mass is 452 g/mol. The van der Waals surface area contributed by atoms with Gasteiger partial charge in [-0.3, -0.25) is 0 Å². The summed E-state index contributed by atoms with van der Waals surface area (Å²) in [6.45, 7) is 0. The molecule has 2 N–H and O–H groups in total. The van der Waals surface area contributed by atoms with E-state index in [2.05, 4.69) is 10.6 Å². The molecular formula is C25H25FN2O5. The molecule has 0 aliphatic carbocycles. The Kier molecular flexibility index (Phi) is 7.75. The number of rotatable bonds is 8. The lowest BCUT2D eigenvalue weighted by atomic mass is 10.1. The first-order valence-corrected chi connectivity index (χ1v) is 9.97. The number of ether oxygens (including phenoxy) is 4. The Bertz CT molecular complexity index is 1140. The zero-order chi connectivity index (χ0) is 23.8. The summed E-state index contributed by atoms with van der Waals surface area (Å²) in [5.41, 5.74) is 2.13. The summed E-state index contributed by atoms with van der Waals surface area (Å²) in [6.07, 6.45) is 3.73. The fourth-order valence-corrected chi connectivity index (χ4v) is 3.16. The molecule has 0 heterocycles. The Morgan fingerprint density at radius 1 is 0.727 bits per heavy atom. The SMILES string of the molecule is COc1ccc(/C=C\c2cc(OC)c(OC)c(OC)c2)cc1NC(=O)Nc1ccccc1F. The number of methoxy groups -OCH3 is 4. The summed E-state index contributed by atoms with van der Waals surface area (Å²) in [5, 5.41) is 5.18. The highest BCUT2D eigenvalue weighted by Crippen LogP contribution is 2.38. The summed E-state index contributed by atoms with van der Waals surface area (Å²) < 4.78 is 35.3. The normalized spacial score (nSPS) is 10.6. The van der Waals surface area contributed by atoms with Crippen molar-refractivity contribution in [3.8, 4) is 23.0 Å². The number of benzene rings is 3. The fourth-order valence-electron chi connectivity index (χ4n) is 3.16. The van der Waals surface area contributed by atoms with Gasteiger partial charge < -0.3 is 29.6 Å². The van der Waals surface area contributed by atoms with Crippen LogP contribution in [0.1, 0.15) is 11.1 Å². The molecule has 8 heteroatoms. The van der Waals surface area contributed by atoms with Crippen LogP contribution in [0.4, 0.5) is 20.6 Å². The molecule has 2 amide bonds. The quantitative estimate of drug-likeness (QED) is 0.430. The number of urea groups is 1. The van der Waals surface area contributed by atoms with Crippen LogP contribution in [0.5, 0.6) is 23.0 Å². The van der Waals surface area contributed by atoms with E-state index >= 15 is 0 Å². The van der Waals surface area contributed by atoms with Gasteiger partial charge in [0.05, 0.1) is 39.8 Å². The van der Waals surface area contributed by atoms with E-state index < -0.39 is 11.8 Å². The maximum atomic E-state index is 13.8. The van der Waals surface area contributed by atoms with Gasteiger partial charge in [0.15, 0.2) is 11.5 Å². The third-order valence-corrected chi connectivity index (χ3v) is 4.75. The summed E-state index contributed by atoms with van der Waals surface area (Å²) in [4.78, 5) is 12.4. The highest BCUT2D eigenvalue weighted by atomic mass is 19.1. The smallest absolute Gasteiger partial charge is 0.323 e. The lowest BCUT2D eigenvalue weighted by molar-refractivity contribution is 0.262. The molecule has 0 fully saturated rings. The van der Waals surface area contributed by atoms with Crippen LogP contribution in [0, 0.1) is 5.82 Å². The Morgan fingerprint density at radius 2 is 1.33 bits per heavy atom. The van der Waals surface area contributed by atoms with Crippen LogP contribution in [-0.4, -0.2) is 34.5 Å². The fraction of sp³-hybridized carbons (Fsp3) is 0.160. The van der Waals surface area contributed by atoms with E-state index in [0.29, 0.717) is 28.7 Å². The molecule has 0 bridgehead atoms. The van der Waals surface area contributed by atoms with Crippen LogP contribution in [-0.2, 0) is 0 Å². The molecule has 0 atom stereocenters. The minimum absolute atomic E-state index is 0.0763. The lowest BCUT2D eigenvalue weighted by Gasteiger charge is -2.13. The minimum Gasteiger partial charge on any atom is -0.495 e. The predicted octanol–water partition coefficient (Wildman–Crippen LogP) is 5.67. The van der Waals surface area contributed by atoms with Gasteiger partial charge >= 0.3 is 6.03 Å². The predicted molar refractivity (Wildman–Crippen MR) is 127 cm³/mol. The van der Waals surface area contributed by atoms with Crippen LogP contribution < -0.4 is 29.6 Å². The first-order valence-electron chi connectivity index (χ1n) is 9.97. The molecule has 0 aromatic heterocycles. The average molecular weight is 452 g/mol. The second kappa shape index (κ2) is 10.9. The van der Waals surface area contributed by atoms with Crippen molar-refractivity contribution in [2.75, 3.05) is 39.1 Å². The van der Waals surface area contributed by atoms with E-state index in [9.17, 15) is 9.18 Å². The molecule has 3 aromatic carbocycles. The van der Waals surface area contributed by atoms with E-state index in [1.165, 1.54) is 19.2 Å². The van der Waals surface area contributed by atoms with Gasteiger partial charge in [-0.25, -0.2) is 9.18 Å². The molecule has 0 aliphatic rings. The molecule has 0 saturated heterocycles. The first kappa shape index (κ1) is 23.5. The molecule has 0 unspecified atom stereocenters. The van der Waals surface area contributed by atoms with Gasteiger partial charge in [0.2, 0.25) is 5.75 Å². The molecule has 0 aliphatic heterocycles. The third-order valence-electron chi connectivity index (χ3n) is 4.75. The number of para-hydroxylation sites is 1. The summed E-state index contributed by atoms with van der Waals surface area (Å²) >= 11 is 0. The van der Waals surface area contributed by atoms with Gasteiger partial charge in [-0.1, -0.05) is 30.4 Å². The summed E-state index contributed by atoms with van der Waals surface area (Å²) in [5.74, 6) is 1.52. The van der Waals surface area contributed by atoms with Gasteiger partial charge in [-0.2, -0.15) is 0 Å². The minimum atomic E-state index is -0.593. The topological polar surface area (TPSA) is 78.1 Å². The molecule has 172 valence electrons. The zero-order valence-corrected chi connectivity index (χ0v) is 18.8. The first-order chi connectivity index (χ1) is 16.0. The van der Waals surface area contributed by atoms with Crippen LogP contribution in [0.3, 0.4) is 0 Å². The van der Waals surface area contributed by atoms with Gasteiger partial charge in [0, 0.05) is 0 Å². The Hall–Kier alpha value is -4.20. The maximum absolute atomic E-state index is 13.8. The van der Waals surface area contributed by atoms with Gasteiger partial charge in [-0.15, -0.1) is 0 Å². The van der Waals surface area contributed by atoms with Crippen molar-refractivity contribution < 1.29 is 28.1 Å². The second-order valence-corrected chi connectivity index (χ2v) is 6.81. The number of carbonyl (C=O) groups excluding carboxylic acids is 1. The number of hydrogen-bond acceptors (Lipinski definition) is 5. The largest absolute Gasteiger partial charge is 0.495 e. The number of carbonyl (C=O) groups is 1. The Balaban J connectivity index is 1.83. The van der Waals surface area contributed by atoms with Crippen molar-refractivity contribution in [3.63, 3.8) is 0 Å². The van der Waals surface area contributed by atoms with Crippen LogP contribution in [0.15, 0.2) is 54.6 Å². The Labute approximate surface area is 191 Å². The average Bonchev–Trinajstić information content (AvgIpc) is 2.83. The van der Waals surface area contributed by atoms with Crippen molar-refractivity contribution in [2.24, 2.45) is 0 Å². The van der Waals surface area contributed by atoms with Crippen LogP contribution >= 0.6 is 0 Å². The number of amides is 2. The third kappa shape index (κ3) is 5.74. The number of anilines is 2. The maximum Gasteiger partial charge on any atom is 0.323 e. The standard InChI is InChI=1S/C25H25FN2O5/c1-30-21-12-11-16(9-10-17-14-22(31-2)24(33-4)23(15-17)32-3)13-20(21)28-25(29)27-19-8-6-5-7-18(19)26/h5-15H,1-4H3,(H2,27,28,29)/b10-9-. The highest BCUT2D eigenvalue weighted by Gasteiger charge is 2.13. The van der Waals surface area contributed by atoms with Crippen molar-refractivity contribution in [2.45, 2.75) is 0 Å². The zero-order valence-electron chi connectivity index (χ0n) is 18.8. The van der Waals surface area contributed by atoms with Crippen LogP contribution in [0.2, 0.25) is 0 Å². The molecule has 3 aromatic rings. The Morgan fingerprint density at radius 3 is 1.94 bits per heavy atom. The van der Waals surface area contributed by atoms with E-state index in [1.54, 1.807) is 45.6 Å². The van der Waals surface area contributed by atoms with E-state index in [4.69, 9.17) is 18.9 Å². The number of hydrogen-bond donors (Lipinski definition) is 2. The van der Waals surface area contributed by atoms with Crippen molar-refractivity contribution in [1.82, 2.24) is 0 Å². The number of nitrogens with one attached hydrogen (secondary N) is 2. The molecule has 0 radical (unpaired) electrons. The van der Waals surface area contributed by atoms with Crippen molar-refractivity contribution in [1.29, 1.82) is 0 Å². The van der Waals surface area contributed by atoms with Crippen LogP contribution in [0.25, 0.3) is 12.2 Å². The van der Waals surface area contributed by atoms with E-state index in [0.717, 1.165) is 11.1 Å². The molecule has 33 heavy (non-hydrogen) atoms. The summed E-state index contributed by atoms with van der Waals surface area (Å²) in [7, 11) is 6.15. The summed E-state index contributed by atoms with van der Waals surface area (Å²) in [6, 6.07) is 14.3. The van der Waals surface area contributed by atoms with Gasteiger partial charge in [-0.05, 0) is 47.5 Å². The number of halogens is 1. The van der Waals surface area contributed by atoms with Gasteiger partial charge in [0.25, 0.3) is 0 Å². The highest BCUT2D eigenvalue weighted by molar-refractivity contribution is 6.01. The molecule has 0 saturated carbocycles. The molecule has 7 nitrogen and oxygen atoms in total. The molecule has 0 spiro atoms. The van der Waals surface area contributed by atoms with E-state index in [1.807, 2.05) is 30.4 Å². The van der Waals surface area contributed by atoms with Crippen molar-refractivity contribution in [3.05, 3.63) is 71.5 Å². The van der Waals surface area contributed by atoms with Crippen molar-refractivity contribution >= 4 is 29.6 Å². The molecular weight excluding hydrogens is 427 g/mol. The molecule has 3 rings (SSSR count). The lowest BCUT2D eigenvalue weighted by Crippen LogP contribution is -2.20. The van der Waals surface area contributed by atoms with E-state index in [-0.39, 0.29) is 5.69 Å².